The van der Waals surface area contributed by atoms with Gasteiger partial charge >= 0.3 is 5.51 Å². The molecule has 0 rings (SSSR count). The van der Waals surface area contributed by atoms with E-state index < -0.39 is 15.5 Å². The summed E-state index contributed by atoms with van der Waals surface area (Å²) in [6.07, 6.45) is 2.57. The lowest BCUT2D eigenvalue weighted by Gasteiger charge is -2.31. The van der Waals surface area contributed by atoms with E-state index in [0.717, 1.165) is 0 Å². The smallest absolute Gasteiger partial charge is 0.162 e. The van der Waals surface area contributed by atoms with Gasteiger partial charge in [-0.3, -0.25) is 0 Å². The highest BCUT2D eigenvalue weighted by Crippen LogP contribution is 2.55. The van der Waals surface area contributed by atoms with Crippen LogP contribution < -0.4 is 0 Å². The van der Waals surface area contributed by atoms with E-state index in [9.17, 15) is 13.2 Å². The van der Waals surface area contributed by atoms with Gasteiger partial charge in [0.25, 0.3) is 0 Å². The molecule has 0 aromatic carbocycles. The van der Waals surface area contributed by atoms with E-state index in [2.05, 4.69) is 0 Å². The van der Waals surface area contributed by atoms with Crippen LogP contribution in [-0.2, 0) is 0 Å². The highest BCUT2D eigenvalue weighted by Gasteiger charge is 2.41. The normalized spacial score (nSPS) is 15.8. The van der Waals surface area contributed by atoms with Crippen molar-refractivity contribution in [1.82, 2.24) is 0 Å². The van der Waals surface area contributed by atoms with Crippen molar-refractivity contribution in [1.29, 1.82) is 0 Å². The van der Waals surface area contributed by atoms with E-state index in [4.69, 9.17) is 0 Å². The first-order valence-electron chi connectivity index (χ1n) is 2.58. The van der Waals surface area contributed by atoms with Gasteiger partial charge in [0.1, 0.15) is 0 Å². The van der Waals surface area contributed by atoms with Crippen LogP contribution in [0.25, 0.3) is 0 Å². The van der Waals surface area contributed by atoms with Gasteiger partial charge < -0.3 is 0 Å². The summed E-state index contributed by atoms with van der Waals surface area (Å²) >= 11 is 0. The maximum atomic E-state index is 11.9. The van der Waals surface area contributed by atoms with Crippen molar-refractivity contribution >= 4 is 10.0 Å². The highest BCUT2D eigenvalue weighted by molar-refractivity contribution is 8.33. The number of hydrogen-bond acceptors (Lipinski definition) is 0. The molecule has 0 amide bonds. The van der Waals surface area contributed by atoms with Crippen LogP contribution in [0.2, 0.25) is 0 Å². The zero-order chi connectivity index (χ0) is 7.71. The van der Waals surface area contributed by atoms with Crippen LogP contribution in [0.5, 0.6) is 0 Å². The van der Waals surface area contributed by atoms with Crippen LogP contribution in [-0.4, -0.2) is 23.8 Å². The van der Waals surface area contributed by atoms with Gasteiger partial charge in [0.15, 0.2) is 0 Å². The zero-order valence-corrected chi connectivity index (χ0v) is 6.57. The van der Waals surface area contributed by atoms with Crippen molar-refractivity contribution in [2.45, 2.75) is 12.4 Å². The molecule has 0 atom stereocenters. The van der Waals surface area contributed by atoms with Crippen molar-refractivity contribution in [2.75, 3.05) is 18.3 Å². The van der Waals surface area contributed by atoms with Crippen molar-refractivity contribution < 1.29 is 13.2 Å². The Bertz CT molecular complexity index is 94.9. The van der Waals surface area contributed by atoms with E-state index in [0.29, 0.717) is 0 Å². The van der Waals surface area contributed by atoms with Gasteiger partial charge in [-0.1, -0.05) is 6.92 Å². The monoisotopic (exact) mass is 160 g/mol. The summed E-state index contributed by atoms with van der Waals surface area (Å²) in [6.45, 7) is 1.57. The lowest BCUT2D eigenvalue weighted by molar-refractivity contribution is -0.0374. The Balaban J connectivity index is 4.14. The maximum absolute atomic E-state index is 11.9. The Morgan fingerprint density at radius 2 is 1.56 bits per heavy atom. The second-order valence-corrected chi connectivity index (χ2v) is 6.39. The Morgan fingerprint density at radius 1 is 1.22 bits per heavy atom. The molecule has 0 aliphatic rings. The van der Waals surface area contributed by atoms with E-state index in [1.54, 1.807) is 6.92 Å². The van der Waals surface area contributed by atoms with Crippen molar-refractivity contribution in [3.63, 3.8) is 0 Å². The molecule has 0 aliphatic carbocycles. The summed E-state index contributed by atoms with van der Waals surface area (Å²) in [7, 11) is -2.34. The largest absolute Gasteiger partial charge is 0.425 e. The number of halogens is 3. The molecule has 0 radical (unpaired) electrons. The van der Waals surface area contributed by atoms with E-state index in [1.807, 2.05) is 0 Å². The lowest BCUT2D eigenvalue weighted by Crippen LogP contribution is -2.19. The molecule has 0 nitrogen and oxygen atoms in total. The molecule has 0 aromatic heterocycles. The van der Waals surface area contributed by atoms with E-state index in [1.165, 1.54) is 12.5 Å². The summed E-state index contributed by atoms with van der Waals surface area (Å²) in [6, 6.07) is 0. The maximum Gasteiger partial charge on any atom is 0.425 e. The number of hydrogen-bond donors (Lipinski definition) is 0. The predicted octanol–water partition coefficient (Wildman–Crippen LogP) is 2.59. The minimum Gasteiger partial charge on any atom is -0.162 e. The molecule has 0 saturated carbocycles. The van der Waals surface area contributed by atoms with Gasteiger partial charge in [0.2, 0.25) is 0 Å². The van der Waals surface area contributed by atoms with Crippen molar-refractivity contribution in [3.8, 4) is 0 Å². The Kier molecular flexibility index (Phi) is 2.44. The molecule has 0 aliphatic heterocycles. The standard InChI is InChI=1S/C5H11F3S/c1-4-9(2,3)5(6,7)8/h4H2,1-3H3. The zero-order valence-electron chi connectivity index (χ0n) is 5.75. The van der Waals surface area contributed by atoms with E-state index in [-0.39, 0.29) is 5.75 Å². The summed E-state index contributed by atoms with van der Waals surface area (Å²) in [5.74, 6) is 0.219. The minimum atomic E-state index is -3.97. The second-order valence-electron chi connectivity index (χ2n) is 2.27. The molecule has 0 aromatic rings. The molecule has 0 spiro atoms. The fraction of sp³-hybridized carbons (Fsp3) is 1.00. The number of alkyl halides is 3. The molecule has 0 unspecified atom stereocenters. The fourth-order valence-corrected chi connectivity index (χ4v) is 0.491. The first-order valence-corrected chi connectivity index (χ1v) is 5.20. The third-order valence-corrected chi connectivity index (χ3v) is 4.04. The van der Waals surface area contributed by atoms with Crippen LogP contribution in [0.15, 0.2) is 0 Å². The highest BCUT2D eigenvalue weighted by atomic mass is 32.3. The average molecular weight is 160 g/mol. The third-order valence-electron chi connectivity index (χ3n) is 1.35. The summed E-state index contributed by atoms with van der Waals surface area (Å²) < 4.78 is 35.6. The predicted molar refractivity (Wildman–Crippen MR) is 36.0 cm³/mol. The first-order chi connectivity index (χ1) is 3.81. The summed E-state index contributed by atoms with van der Waals surface area (Å²) in [5.41, 5.74) is -3.97. The molecular weight excluding hydrogens is 149 g/mol. The van der Waals surface area contributed by atoms with E-state index >= 15 is 0 Å². The molecule has 0 fully saturated rings. The Hall–Kier alpha value is 0.140. The summed E-state index contributed by atoms with van der Waals surface area (Å²) in [4.78, 5) is 0. The molecular formula is C5H11F3S. The van der Waals surface area contributed by atoms with Crippen molar-refractivity contribution in [2.24, 2.45) is 0 Å². The quantitative estimate of drug-likeness (QED) is 0.553. The van der Waals surface area contributed by atoms with Gasteiger partial charge in [-0.2, -0.15) is 23.2 Å². The lowest BCUT2D eigenvalue weighted by atomic mass is 11.0. The van der Waals surface area contributed by atoms with Gasteiger partial charge in [-0.05, 0) is 18.3 Å². The Morgan fingerprint density at radius 3 is 1.56 bits per heavy atom. The van der Waals surface area contributed by atoms with Crippen LogP contribution >= 0.6 is 10.0 Å². The first kappa shape index (κ1) is 9.14. The average Bonchev–Trinajstić information content (AvgIpc) is 1.64. The SMILES string of the molecule is CCS(C)(C)C(F)(F)F. The van der Waals surface area contributed by atoms with Crippen LogP contribution in [0.4, 0.5) is 13.2 Å². The van der Waals surface area contributed by atoms with Gasteiger partial charge in [0, 0.05) is 0 Å². The molecule has 9 heavy (non-hydrogen) atoms. The second kappa shape index (κ2) is 2.40. The van der Waals surface area contributed by atoms with Crippen LogP contribution in [0, 0.1) is 0 Å². The fourth-order valence-electron chi connectivity index (χ4n) is 0.164. The molecule has 0 bridgehead atoms. The van der Waals surface area contributed by atoms with Gasteiger partial charge in [-0.25, -0.2) is 0 Å². The van der Waals surface area contributed by atoms with Gasteiger partial charge in [0.05, 0.1) is 0 Å². The molecule has 0 heterocycles. The summed E-state index contributed by atoms with van der Waals surface area (Å²) in [5, 5.41) is 0. The molecule has 4 heteroatoms. The van der Waals surface area contributed by atoms with Crippen molar-refractivity contribution in [3.05, 3.63) is 0 Å². The minimum absolute atomic E-state index is 0.219. The molecule has 0 N–H and O–H groups in total. The van der Waals surface area contributed by atoms with Crippen LogP contribution in [0.1, 0.15) is 6.92 Å². The molecule has 0 saturated heterocycles. The Labute approximate surface area is 54.8 Å². The third kappa shape index (κ3) is 2.08. The molecule has 58 valence electrons. The number of rotatable bonds is 1. The topological polar surface area (TPSA) is 0 Å². The van der Waals surface area contributed by atoms with Gasteiger partial charge in [-0.15, -0.1) is 0 Å². The van der Waals surface area contributed by atoms with Crippen LogP contribution in [0.3, 0.4) is 0 Å².